The molecule has 2 aromatic carbocycles. The van der Waals surface area contributed by atoms with Gasteiger partial charge in [0.2, 0.25) is 0 Å². The summed E-state index contributed by atoms with van der Waals surface area (Å²) in [5, 5.41) is 0. The van der Waals surface area contributed by atoms with E-state index >= 15 is 0 Å². The Morgan fingerprint density at radius 1 is 1.04 bits per heavy atom. The van der Waals surface area contributed by atoms with E-state index in [2.05, 4.69) is 0 Å². The van der Waals surface area contributed by atoms with Crippen molar-refractivity contribution in [3.8, 4) is 5.75 Å². The molecular weight excluding hydrogens is 320 g/mol. The Labute approximate surface area is 148 Å². The summed E-state index contributed by atoms with van der Waals surface area (Å²) in [6.07, 6.45) is 0. The van der Waals surface area contributed by atoms with Gasteiger partial charge in [-0.3, -0.25) is 0 Å². The maximum atomic E-state index is 14.0. The van der Waals surface area contributed by atoms with Crippen LogP contribution < -0.4 is 15.9 Å². The summed E-state index contributed by atoms with van der Waals surface area (Å²) >= 11 is 0. The Bertz CT molecular complexity index is 749. The van der Waals surface area contributed by atoms with Crippen LogP contribution in [-0.2, 0) is 15.9 Å². The summed E-state index contributed by atoms with van der Waals surface area (Å²) in [5.74, 6) is -0.0574. The van der Waals surface area contributed by atoms with Crippen LogP contribution in [0.15, 0.2) is 42.5 Å². The summed E-state index contributed by atoms with van der Waals surface area (Å²) in [6, 6.07) is 12.3. The van der Waals surface area contributed by atoms with Gasteiger partial charge in [0.05, 0.1) is 16.9 Å². The Balaban J connectivity index is 1.91. The molecule has 0 bridgehead atoms. The average molecular weight is 343 g/mol. The first-order valence-corrected chi connectivity index (χ1v) is 8.31. The molecule has 1 saturated heterocycles. The monoisotopic (exact) mass is 343 g/mol. The maximum Gasteiger partial charge on any atom is 0.498 e. The summed E-state index contributed by atoms with van der Waals surface area (Å²) in [7, 11) is -0.742. The summed E-state index contributed by atoms with van der Waals surface area (Å²) < 4.78 is 31.9. The molecule has 0 unspecified atom stereocenters. The molecule has 3 rings (SSSR count). The highest BCUT2D eigenvalue weighted by Gasteiger charge is 2.52. The predicted octanol–water partition coefficient (Wildman–Crippen LogP) is 3.29. The van der Waals surface area contributed by atoms with Gasteiger partial charge in [-0.15, -0.1) is 0 Å². The van der Waals surface area contributed by atoms with Gasteiger partial charge in [0, 0.05) is 11.5 Å². The number of rotatable bonds is 4. The molecule has 0 aromatic heterocycles. The second kappa shape index (κ2) is 6.35. The molecule has 0 radical (unpaired) electrons. The molecule has 1 fully saturated rings. The van der Waals surface area contributed by atoms with Crippen molar-refractivity contribution in [3.05, 3.63) is 53.8 Å². The lowest BCUT2D eigenvalue weighted by Gasteiger charge is -2.32. The first-order chi connectivity index (χ1) is 11.7. The van der Waals surface area contributed by atoms with Gasteiger partial charge in [0.25, 0.3) is 0 Å². The van der Waals surface area contributed by atoms with Crippen LogP contribution in [0.3, 0.4) is 0 Å². The first kappa shape index (κ1) is 17.8. The zero-order valence-corrected chi connectivity index (χ0v) is 15.0. The van der Waals surface area contributed by atoms with Crippen molar-refractivity contribution < 1.29 is 18.4 Å². The molecule has 0 aliphatic carbocycles. The average Bonchev–Trinajstić information content (AvgIpc) is 2.75. The van der Waals surface area contributed by atoms with E-state index in [9.17, 15) is 4.39 Å². The van der Waals surface area contributed by atoms with Crippen molar-refractivity contribution in [2.75, 3.05) is 5.73 Å². The molecule has 0 amide bonds. The predicted molar refractivity (Wildman–Crippen MR) is 97.3 cm³/mol. The largest absolute Gasteiger partial charge is 0.498 e. The molecule has 6 heteroatoms. The van der Waals surface area contributed by atoms with Gasteiger partial charge < -0.3 is 19.8 Å². The Kier molecular flexibility index (Phi) is 4.52. The Morgan fingerprint density at radius 2 is 1.64 bits per heavy atom. The van der Waals surface area contributed by atoms with Crippen LogP contribution in [0.25, 0.3) is 0 Å². The molecule has 1 aliphatic heterocycles. The molecule has 4 nitrogen and oxygen atoms in total. The van der Waals surface area contributed by atoms with Crippen molar-refractivity contribution >= 4 is 18.3 Å². The third-order valence-corrected chi connectivity index (χ3v) is 4.84. The molecule has 132 valence electrons. The van der Waals surface area contributed by atoms with E-state index in [-0.39, 0.29) is 5.69 Å². The van der Waals surface area contributed by atoms with Crippen LogP contribution in [0.1, 0.15) is 33.3 Å². The summed E-state index contributed by atoms with van der Waals surface area (Å²) in [6.45, 7) is 8.10. The normalized spacial score (nSPS) is 18.4. The van der Waals surface area contributed by atoms with Gasteiger partial charge in [0.1, 0.15) is 18.2 Å². The van der Waals surface area contributed by atoms with Crippen molar-refractivity contribution in [1.82, 2.24) is 0 Å². The fourth-order valence-corrected chi connectivity index (χ4v) is 2.68. The SMILES string of the molecule is CC1(C)OB(c2cc(F)cc(N)c2OCc2ccccc2)OC1(C)C. The van der Waals surface area contributed by atoms with Crippen molar-refractivity contribution in [2.24, 2.45) is 0 Å². The molecule has 1 aliphatic rings. The third kappa shape index (κ3) is 3.50. The molecule has 0 saturated carbocycles. The molecule has 1 heterocycles. The molecular formula is C19H23BFNO3. The number of nitrogens with two attached hydrogens (primary N) is 1. The summed E-state index contributed by atoms with van der Waals surface area (Å²) in [5.41, 5.74) is 6.63. The van der Waals surface area contributed by atoms with Gasteiger partial charge in [-0.05, 0) is 39.3 Å². The van der Waals surface area contributed by atoms with Gasteiger partial charge in [-0.1, -0.05) is 30.3 Å². The fourth-order valence-electron chi connectivity index (χ4n) is 2.68. The lowest BCUT2D eigenvalue weighted by atomic mass is 9.78. The lowest BCUT2D eigenvalue weighted by molar-refractivity contribution is 0.00578. The zero-order valence-electron chi connectivity index (χ0n) is 15.0. The Morgan fingerprint density at radius 3 is 2.24 bits per heavy atom. The quantitative estimate of drug-likeness (QED) is 0.684. The number of hydrogen-bond donors (Lipinski definition) is 1. The number of nitrogen functional groups attached to an aromatic ring is 1. The number of anilines is 1. The second-order valence-corrected chi connectivity index (χ2v) is 7.28. The van der Waals surface area contributed by atoms with Crippen molar-refractivity contribution in [2.45, 2.75) is 45.5 Å². The molecule has 25 heavy (non-hydrogen) atoms. The van der Waals surface area contributed by atoms with E-state index in [0.717, 1.165) is 5.56 Å². The van der Waals surface area contributed by atoms with Crippen LogP contribution in [0.2, 0.25) is 0 Å². The third-order valence-electron chi connectivity index (χ3n) is 4.84. The highest BCUT2D eigenvalue weighted by molar-refractivity contribution is 6.63. The van der Waals surface area contributed by atoms with Crippen LogP contribution in [0.4, 0.5) is 10.1 Å². The standard InChI is InChI=1S/C19H23BFNO3/c1-18(2)19(3,4)25-20(24-18)15-10-14(21)11-16(22)17(15)23-12-13-8-6-5-7-9-13/h5-11H,12,22H2,1-4H3. The first-order valence-electron chi connectivity index (χ1n) is 8.31. The van der Waals surface area contributed by atoms with Crippen molar-refractivity contribution in [3.63, 3.8) is 0 Å². The van der Waals surface area contributed by atoms with Gasteiger partial charge in [-0.2, -0.15) is 0 Å². The van der Waals surface area contributed by atoms with E-state index < -0.39 is 24.1 Å². The zero-order chi connectivity index (χ0) is 18.2. The molecule has 2 N–H and O–H groups in total. The highest BCUT2D eigenvalue weighted by Crippen LogP contribution is 2.38. The van der Waals surface area contributed by atoms with Gasteiger partial charge in [-0.25, -0.2) is 4.39 Å². The van der Waals surface area contributed by atoms with E-state index in [0.29, 0.717) is 17.8 Å². The second-order valence-electron chi connectivity index (χ2n) is 7.28. The van der Waals surface area contributed by atoms with Crippen LogP contribution in [-0.4, -0.2) is 18.3 Å². The van der Waals surface area contributed by atoms with Crippen molar-refractivity contribution in [1.29, 1.82) is 0 Å². The number of hydrogen-bond acceptors (Lipinski definition) is 4. The number of halogens is 1. The van der Waals surface area contributed by atoms with E-state index in [1.807, 2.05) is 58.0 Å². The molecule has 2 aromatic rings. The van der Waals surface area contributed by atoms with E-state index in [1.54, 1.807) is 0 Å². The maximum absolute atomic E-state index is 14.0. The minimum atomic E-state index is -0.742. The van der Waals surface area contributed by atoms with E-state index in [4.69, 9.17) is 19.8 Å². The number of ether oxygens (including phenoxy) is 1. The highest BCUT2D eigenvalue weighted by atomic mass is 19.1. The molecule has 0 spiro atoms. The smallest absolute Gasteiger partial charge is 0.487 e. The van der Waals surface area contributed by atoms with Gasteiger partial charge in [0.15, 0.2) is 0 Å². The van der Waals surface area contributed by atoms with Crippen LogP contribution in [0, 0.1) is 5.82 Å². The minimum absolute atomic E-state index is 0.223. The van der Waals surface area contributed by atoms with Crippen LogP contribution >= 0.6 is 0 Å². The van der Waals surface area contributed by atoms with E-state index in [1.165, 1.54) is 12.1 Å². The Hall–Kier alpha value is -2.05. The summed E-state index contributed by atoms with van der Waals surface area (Å²) in [4.78, 5) is 0. The fraction of sp³-hybridized carbons (Fsp3) is 0.368. The van der Waals surface area contributed by atoms with Gasteiger partial charge >= 0.3 is 7.12 Å². The molecule has 0 atom stereocenters. The number of benzene rings is 2. The van der Waals surface area contributed by atoms with Crippen LogP contribution in [0.5, 0.6) is 5.75 Å². The minimum Gasteiger partial charge on any atom is -0.487 e. The topological polar surface area (TPSA) is 53.7 Å². The lowest BCUT2D eigenvalue weighted by Crippen LogP contribution is -2.41.